The van der Waals surface area contributed by atoms with Crippen LogP contribution in [0.2, 0.25) is 0 Å². The van der Waals surface area contributed by atoms with Crippen LogP contribution in [0.25, 0.3) is 0 Å². The standard InChI is InChI=1S/C11H16N2O/c1-8-5-9(7-14)13-10(12-8)6-11(2,3)4/h5,7H,6H2,1-4H3. The fourth-order valence-electron chi connectivity index (χ4n) is 1.27. The van der Waals surface area contributed by atoms with E-state index < -0.39 is 0 Å². The number of nitrogens with zero attached hydrogens (tertiary/aromatic N) is 2. The van der Waals surface area contributed by atoms with Crippen LogP contribution in [0.5, 0.6) is 0 Å². The second-order valence-corrected chi connectivity index (χ2v) is 4.71. The van der Waals surface area contributed by atoms with E-state index in [9.17, 15) is 4.79 Å². The Balaban J connectivity index is 2.98. The van der Waals surface area contributed by atoms with Crippen LogP contribution >= 0.6 is 0 Å². The molecule has 0 unspecified atom stereocenters. The Kier molecular flexibility index (Phi) is 2.99. The van der Waals surface area contributed by atoms with E-state index in [1.54, 1.807) is 6.07 Å². The topological polar surface area (TPSA) is 42.9 Å². The van der Waals surface area contributed by atoms with Crippen molar-refractivity contribution in [1.29, 1.82) is 0 Å². The van der Waals surface area contributed by atoms with Crippen LogP contribution in [0.15, 0.2) is 6.07 Å². The molecule has 76 valence electrons. The molecular weight excluding hydrogens is 176 g/mol. The molecule has 0 fully saturated rings. The zero-order chi connectivity index (χ0) is 10.8. The molecule has 1 rings (SSSR count). The summed E-state index contributed by atoms with van der Waals surface area (Å²) in [5.74, 6) is 0.750. The smallest absolute Gasteiger partial charge is 0.168 e. The second-order valence-electron chi connectivity index (χ2n) is 4.71. The average molecular weight is 192 g/mol. The maximum absolute atomic E-state index is 10.6. The van der Waals surface area contributed by atoms with Gasteiger partial charge in [0.2, 0.25) is 0 Å². The molecule has 1 aromatic heterocycles. The fourth-order valence-corrected chi connectivity index (χ4v) is 1.27. The number of carbonyl (C=O) groups is 1. The first-order chi connectivity index (χ1) is 6.40. The molecule has 0 aliphatic carbocycles. The Morgan fingerprint density at radius 1 is 1.36 bits per heavy atom. The molecule has 1 heterocycles. The Morgan fingerprint density at radius 2 is 2.00 bits per heavy atom. The van der Waals surface area contributed by atoms with Gasteiger partial charge >= 0.3 is 0 Å². The summed E-state index contributed by atoms with van der Waals surface area (Å²) < 4.78 is 0. The second kappa shape index (κ2) is 3.86. The highest BCUT2D eigenvalue weighted by atomic mass is 16.1. The lowest BCUT2D eigenvalue weighted by Crippen LogP contribution is -2.13. The van der Waals surface area contributed by atoms with Gasteiger partial charge in [0, 0.05) is 12.1 Å². The van der Waals surface area contributed by atoms with E-state index in [1.165, 1.54) is 0 Å². The summed E-state index contributed by atoms with van der Waals surface area (Å²) in [5, 5.41) is 0. The molecule has 0 amide bonds. The predicted octanol–water partition coefficient (Wildman–Crippen LogP) is 2.19. The Labute approximate surface area is 84.6 Å². The summed E-state index contributed by atoms with van der Waals surface area (Å²) in [5.41, 5.74) is 1.46. The molecule has 0 atom stereocenters. The minimum absolute atomic E-state index is 0.147. The van der Waals surface area contributed by atoms with Crippen molar-refractivity contribution in [2.24, 2.45) is 5.41 Å². The first-order valence-corrected chi connectivity index (χ1v) is 4.70. The average Bonchev–Trinajstić information content (AvgIpc) is 1.99. The zero-order valence-electron chi connectivity index (χ0n) is 9.16. The predicted molar refractivity (Wildman–Crippen MR) is 55.3 cm³/mol. The van der Waals surface area contributed by atoms with E-state index in [0.29, 0.717) is 5.69 Å². The van der Waals surface area contributed by atoms with Gasteiger partial charge in [-0.15, -0.1) is 0 Å². The van der Waals surface area contributed by atoms with Crippen LogP contribution < -0.4 is 0 Å². The molecular formula is C11H16N2O. The van der Waals surface area contributed by atoms with Crippen LogP contribution in [-0.2, 0) is 6.42 Å². The van der Waals surface area contributed by atoms with Gasteiger partial charge in [-0.1, -0.05) is 20.8 Å². The fraction of sp³-hybridized carbons (Fsp3) is 0.545. The summed E-state index contributed by atoms with van der Waals surface area (Å²) in [6.07, 6.45) is 1.55. The first kappa shape index (κ1) is 10.8. The number of carbonyl (C=O) groups excluding carboxylic acids is 1. The Bertz CT molecular complexity index is 340. The van der Waals surface area contributed by atoms with E-state index in [1.807, 2.05) is 6.92 Å². The van der Waals surface area contributed by atoms with Gasteiger partial charge in [0.25, 0.3) is 0 Å². The van der Waals surface area contributed by atoms with Gasteiger partial charge in [-0.25, -0.2) is 9.97 Å². The molecule has 3 heteroatoms. The number of aldehydes is 1. The lowest BCUT2D eigenvalue weighted by Gasteiger charge is -2.16. The lowest BCUT2D eigenvalue weighted by atomic mass is 9.92. The Hall–Kier alpha value is -1.25. The molecule has 1 aromatic rings. The molecule has 0 bridgehead atoms. The number of rotatable bonds is 2. The molecule has 0 spiro atoms. The summed E-state index contributed by atoms with van der Waals surface area (Å²) in [4.78, 5) is 19.0. The maximum atomic E-state index is 10.6. The van der Waals surface area contributed by atoms with Gasteiger partial charge in [0.15, 0.2) is 6.29 Å². The van der Waals surface area contributed by atoms with Crippen LogP contribution in [0.3, 0.4) is 0 Å². The molecule has 0 aromatic carbocycles. The SMILES string of the molecule is Cc1cc(C=O)nc(CC(C)(C)C)n1. The lowest BCUT2D eigenvalue weighted by molar-refractivity contribution is 0.111. The Morgan fingerprint density at radius 3 is 2.50 bits per heavy atom. The number of aromatic nitrogens is 2. The van der Waals surface area contributed by atoms with E-state index in [4.69, 9.17) is 0 Å². The molecule has 0 N–H and O–H groups in total. The summed E-state index contributed by atoms with van der Waals surface area (Å²) >= 11 is 0. The van der Waals surface area contributed by atoms with Crippen molar-refractivity contribution < 1.29 is 4.79 Å². The third-order valence-electron chi connectivity index (χ3n) is 1.73. The zero-order valence-corrected chi connectivity index (χ0v) is 9.16. The van der Waals surface area contributed by atoms with Crippen molar-refractivity contribution in [2.75, 3.05) is 0 Å². The third-order valence-corrected chi connectivity index (χ3v) is 1.73. The summed E-state index contributed by atoms with van der Waals surface area (Å²) in [6, 6.07) is 1.69. The number of aryl methyl sites for hydroxylation is 1. The molecule has 0 aliphatic rings. The van der Waals surface area contributed by atoms with Crippen LogP contribution in [0.1, 0.15) is 42.8 Å². The molecule has 0 saturated heterocycles. The molecule has 0 aliphatic heterocycles. The first-order valence-electron chi connectivity index (χ1n) is 4.70. The van der Waals surface area contributed by atoms with E-state index >= 15 is 0 Å². The van der Waals surface area contributed by atoms with Crippen LogP contribution in [-0.4, -0.2) is 16.3 Å². The highest BCUT2D eigenvalue weighted by Gasteiger charge is 2.14. The minimum Gasteiger partial charge on any atom is -0.296 e. The van der Waals surface area contributed by atoms with E-state index in [-0.39, 0.29) is 5.41 Å². The molecule has 14 heavy (non-hydrogen) atoms. The van der Waals surface area contributed by atoms with Gasteiger partial charge in [0.05, 0.1) is 0 Å². The maximum Gasteiger partial charge on any atom is 0.168 e. The van der Waals surface area contributed by atoms with Crippen LogP contribution in [0.4, 0.5) is 0 Å². The monoisotopic (exact) mass is 192 g/mol. The van der Waals surface area contributed by atoms with Crippen molar-refractivity contribution in [3.8, 4) is 0 Å². The van der Waals surface area contributed by atoms with Gasteiger partial charge < -0.3 is 0 Å². The molecule has 0 radical (unpaired) electrons. The summed E-state index contributed by atoms with van der Waals surface area (Å²) in [7, 11) is 0. The quantitative estimate of drug-likeness (QED) is 0.674. The van der Waals surface area contributed by atoms with Crippen molar-refractivity contribution in [1.82, 2.24) is 9.97 Å². The molecule has 3 nitrogen and oxygen atoms in total. The van der Waals surface area contributed by atoms with Gasteiger partial charge in [0.1, 0.15) is 11.5 Å². The molecule has 0 saturated carbocycles. The van der Waals surface area contributed by atoms with Gasteiger partial charge in [-0.2, -0.15) is 0 Å². The van der Waals surface area contributed by atoms with E-state index in [0.717, 1.165) is 24.2 Å². The van der Waals surface area contributed by atoms with Gasteiger partial charge in [-0.05, 0) is 18.4 Å². The van der Waals surface area contributed by atoms with Crippen molar-refractivity contribution >= 4 is 6.29 Å². The van der Waals surface area contributed by atoms with Crippen LogP contribution in [0, 0.1) is 12.3 Å². The van der Waals surface area contributed by atoms with E-state index in [2.05, 4.69) is 30.7 Å². The number of hydrogen-bond donors (Lipinski definition) is 0. The number of hydrogen-bond acceptors (Lipinski definition) is 3. The van der Waals surface area contributed by atoms with Crippen molar-refractivity contribution in [3.63, 3.8) is 0 Å². The third kappa shape index (κ3) is 3.24. The normalized spacial score (nSPS) is 11.4. The highest BCUT2D eigenvalue weighted by molar-refractivity contribution is 5.71. The highest BCUT2D eigenvalue weighted by Crippen LogP contribution is 2.18. The largest absolute Gasteiger partial charge is 0.296 e. The van der Waals surface area contributed by atoms with Gasteiger partial charge in [-0.3, -0.25) is 4.79 Å². The minimum atomic E-state index is 0.147. The van der Waals surface area contributed by atoms with Crippen molar-refractivity contribution in [3.05, 3.63) is 23.3 Å². The van der Waals surface area contributed by atoms with Crippen molar-refractivity contribution in [2.45, 2.75) is 34.1 Å². The summed E-state index contributed by atoms with van der Waals surface area (Å²) in [6.45, 7) is 8.25.